The first kappa shape index (κ1) is 19.0. The molecule has 4 heteroatoms. The van der Waals surface area contributed by atoms with Gasteiger partial charge in [0.1, 0.15) is 5.75 Å². The molecule has 0 fully saturated rings. The molecule has 21 heavy (non-hydrogen) atoms. The molecule has 1 aromatic carbocycles. The molecule has 1 aromatic rings. The van der Waals surface area contributed by atoms with Gasteiger partial charge in [-0.25, -0.2) is 0 Å². The number of benzene rings is 1. The molecule has 0 heterocycles. The summed E-state index contributed by atoms with van der Waals surface area (Å²) in [7, 11) is 1.67. The molecule has 0 aliphatic heterocycles. The zero-order valence-electron chi connectivity index (χ0n) is 13.3. The van der Waals surface area contributed by atoms with Gasteiger partial charge in [-0.3, -0.25) is 0 Å². The predicted molar refractivity (Wildman–Crippen MR) is 96.1 cm³/mol. The van der Waals surface area contributed by atoms with Crippen LogP contribution in [0.2, 0.25) is 0 Å². The first-order valence-corrected chi connectivity index (χ1v) is 9.70. The molecule has 1 atom stereocenters. The van der Waals surface area contributed by atoms with Crippen LogP contribution in [-0.2, 0) is 11.8 Å². The smallest absolute Gasteiger partial charge is 0.123 e. The molecule has 120 valence electrons. The Bertz CT molecular complexity index is 423. The number of methoxy groups -OCH3 is 1. The van der Waals surface area contributed by atoms with Gasteiger partial charge in [0.25, 0.3) is 0 Å². The maximum Gasteiger partial charge on any atom is 0.123 e. The lowest BCUT2D eigenvalue weighted by atomic mass is 10.0. The van der Waals surface area contributed by atoms with Crippen molar-refractivity contribution in [1.29, 1.82) is 0 Å². The molecule has 0 radical (unpaired) electrons. The lowest BCUT2D eigenvalue weighted by molar-refractivity contribution is 0.410. The van der Waals surface area contributed by atoms with Gasteiger partial charge in [-0.2, -0.15) is 0 Å². The van der Waals surface area contributed by atoms with E-state index in [9.17, 15) is 0 Å². The molecule has 1 nitrogen and oxygen atoms in total. The highest BCUT2D eigenvalue weighted by atomic mass is 35.5. The fourth-order valence-electron chi connectivity index (χ4n) is 2.28. The van der Waals surface area contributed by atoms with Crippen LogP contribution in [0.25, 0.3) is 0 Å². The Kier molecular flexibility index (Phi) is 9.62. The van der Waals surface area contributed by atoms with Gasteiger partial charge in [-0.15, -0.1) is 35.0 Å². The van der Waals surface area contributed by atoms with Crippen molar-refractivity contribution in [2.45, 2.75) is 56.2 Å². The van der Waals surface area contributed by atoms with E-state index in [1.54, 1.807) is 7.11 Å². The fraction of sp³-hybridized carbons (Fsp3) is 0.647. The average Bonchev–Trinajstić information content (AvgIpc) is 2.54. The topological polar surface area (TPSA) is 9.23 Å². The Morgan fingerprint density at radius 2 is 1.86 bits per heavy atom. The maximum absolute atomic E-state index is 6.09. The third-order valence-corrected chi connectivity index (χ3v) is 5.67. The zero-order chi connectivity index (χ0) is 15.7. The van der Waals surface area contributed by atoms with E-state index in [2.05, 4.69) is 19.9 Å². The standard InChI is InChI=1S/C17H26Cl2OS/c1-4-6-7-13(5-2)12-21-17-9-14(10-18)16(20-3)8-15(17)11-19/h8-9,13H,4-7,10-12H2,1-3H3. The van der Waals surface area contributed by atoms with E-state index in [4.69, 9.17) is 27.9 Å². The highest BCUT2D eigenvalue weighted by Crippen LogP contribution is 2.34. The van der Waals surface area contributed by atoms with Gasteiger partial charge in [0.2, 0.25) is 0 Å². The molecule has 0 aromatic heterocycles. The van der Waals surface area contributed by atoms with Crippen molar-refractivity contribution in [1.82, 2.24) is 0 Å². The van der Waals surface area contributed by atoms with Gasteiger partial charge in [0.05, 0.1) is 13.0 Å². The van der Waals surface area contributed by atoms with Crippen LogP contribution in [-0.4, -0.2) is 12.9 Å². The molecule has 0 amide bonds. The van der Waals surface area contributed by atoms with Crippen LogP contribution < -0.4 is 4.74 Å². The van der Waals surface area contributed by atoms with Crippen LogP contribution in [0.15, 0.2) is 17.0 Å². The van der Waals surface area contributed by atoms with Crippen molar-refractivity contribution in [3.8, 4) is 5.75 Å². The van der Waals surface area contributed by atoms with Crippen LogP contribution in [0.3, 0.4) is 0 Å². The van der Waals surface area contributed by atoms with Gasteiger partial charge in [-0.1, -0.05) is 33.1 Å². The monoisotopic (exact) mass is 348 g/mol. The number of halogens is 2. The van der Waals surface area contributed by atoms with Crippen molar-refractivity contribution < 1.29 is 4.74 Å². The quantitative estimate of drug-likeness (QED) is 0.353. The van der Waals surface area contributed by atoms with Crippen molar-refractivity contribution in [3.63, 3.8) is 0 Å². The van der Waals surface area contributed by atoms with E-state index in [0.717, 1.165) is 28.5 Å². The number of unbranched alkanes of at least 4 members (excludes halogenated alkanes) is 1. The predicted octanol–water partition coefficient (Wildman–Crippen LogP) is 6.48. The van der Waals surface area contributed by atoms with Crippen LogP contribution in [0.5, 0.6) is 5.75 Å². The summed E-state index contributed by atoms with van der Waals surface area (Å²) in [5.41, 5.74) is 2.18. The van der Waals surface area contributed by atoms with E-state index < -0.39 is 0 Å². The second-order valence-electron chi connectivity index (χ2n) is 5.27. The lowest BCUT2D eigenvalue weighted by Gasteiger charge is -2.17. The van der Waals surface area contributed by atoms with E-state index in [1.165, 1.54) is 30.6 Å². The highest BCUT2D eigenvalue weighted by Gasteiger charge is 2.12. The largest absolute Gasteiger partial charge is 0.496 e. The lowest BCUT2D eigenvalue weighted by Crippen LogP contribution is -2.03. The number of thioether (sulfide) groups is 1. The Balaban J connectivity index is 2.81. The number of alkyl halides is 2. The summed E-state index contributed by atoms with van der Waals surface area (Å²) in [6.07, 6.45) is 5.14. The summed E-state index contributed by atoms with van der Waals surface area (Å²) >= 11 is 14.0. The van der Waals surface area contributed by atoms with E-state index in [1.807, 2.05) is 17.8 Å². The molecule has 1 unspecified atom stereocenters. The minimum absolute atomic E-state index is 0.465. The molecule has 0 aliphatic rings. The second-order valence-corrected chi connectivity index (χ2v) is 6.86. The minimum Gasteiger partial charge on any atom is -0.496 e. The number of hydrogen-bond donors (Lipinski definition) is 0. The van der Waals surface area contributed by atoms with E-state index in [0.29, 0.717) is 11.8 Å². The van der Waals surface area contributed by atoms with E-state index in [-0.39, 0.29) is 0 Å². The first-order valence-electron chi connectivity index (χ1n) is 7.64. The Hall–Kier alpha value is -0.0500. The maximum atomic E-state index is 6.09. The Morgan fingerprint density at radius 1 is 1.14 bits per heavy atom. The third kappa shape index (κ3) is 5.92. The molecular weight excluding hydrogens is 323 g/mol. The second kappa shape index (κ2) is 10.6. The zero-order valence-corrected chi connectivity index (χ0v) is 15.6. The number of ether oxygens (including phenoxy) is 1. The molecule has 0 saturated carbocycles. The molecule has 0 saturated heterocycles. The van der Waals surface area contributed by atoms with Crippen LogP contribution in [0, 0.1) is 5.92 Å². The van der Waals surface area contributed by atoms with Gasteiger partial charge in [0.15, 0.2) is 0 Å². The van der Waals surface area contributed by atoms with Crippen molar-refractivity contribution in [3.05, 3.63) is 23.3 Å². The molecule has 1 rings (SSSR count). The molecule has 0 bridgehead atoms. The van der Waals surface area contributed by atoms with Gasteiger partial charge < -0.3 is 4.74 Å². The van der Waals surface area contributed by atoms with Crippen LogP contribution in [0.1, 0.15) is 50.7 Å². The Labute approximate surface area is 143 Å². The Morgan fingerprint density at radius 3 is 2.38 bits per heavy atom. The normalized spacial score (nSPS) is 12.4. The minimum atomic E-state index is 0.465. The summed E-state index contributed by atoms with van der Waals surface area (Å²) in [5, 5.41) is 0. The molecular formula is C17H26Cl2OS. The summed E-state index contributed by atoms with van der Waals surface area (Å²) in [6, 6.07) is 4.17. The van der Waals surface area contributed by atoms with Gasteiger partial charge in [-0.05, 0) is 30.0 Å². The third-order valence-electron chi connectivity index (χ3n) is 3.77. The van der Waals surface area contributed by atoms with E-state index >= 15 is 0 Å². The van der Waals surface area contributed by atoms with Crippen molar-refractivity contribution >= 4 is 35.0 Å². The van der Waals surface area contributed by atoms with Gasteiger partial charge >= 0.3 is 0 Å². The summed E-state index contributed by atoms with van der Waals surface area (Å²) in [5.74, 6) is 3.73. The fourth-order valence-corrected chi connectivity index (χ4v) is 4.15. The SMILES string of the molecule is CCCCC(CC)CSc1cc(CCl)c(OC)cc1CCl. The van der Waals surface area contributed by atoms with Gasteiger partial charge in [0, 0.05) is 22.1 Å². The molecule has 0 N–H and O–H groups in total. The summed E-state index contributed by atoms with van der Waals surface area (Å²) in [4.78, 5) is 1.25. The summed E-state index contributed by atoms with van der Waals surface area (Å²) < 4.78 is 5.38. The average molecular weight is 349 g/mol. The van der Waals surface area contributed by atoms with Crippen LogP contribution in [0.4, 0.5) is 0 Å². The van der Waals surface area contributed by atoms with Crippen molar-refractivity contribution in [2.75, 3.05) is 12.9 Å². The van der Waals surface area contributed by atoms with Crippen molar-refractivity contribution in [2.24, 2.45) is 5.92 Å². The highest BCUT2D eigenvalue weighted by molar-refractivity contribution is 7.99. The molecule has 0 aliphatic carbocycles. The summed E-state index contributed by atoms with van der Waals surface area (Å²) in [6.45, 7) is 4.53. The molecule has 0 spiro atoms. The van der Waals surface area contributed by atoms with Crippen LogP contribution >= 0.6 is 35.0 Å². The number of rotatable bonds is 10. The number of hydrogen-bond acceptors (Lipinski definition) is 2. The first-order chi connectivity index (χ1) is 10.2.